The van der Waals surface area contributed by atoms with Crippen molar-refractivity contribution in [2.45, 2.75) is 6.92 Å². The maximum absolute atomic E-state index is 9.43. The minimum atomic E-state index is -0.166. The fourth-order valence-corrected chi connectivity index (χ4v) is 0.995. The first kappa shape index (κ1) is 6.90. The zero-order chi connectivity index (χ0) is 8.72. The molecule has 0 aromatic carbocycles. The molecule has 0 aliphatic rings. The quantitative estimate of drug-likeness (QED) is 0.594. The van der Waals surface area contributed by atoms with Crippen LogP contribution in [-0.4, -0.2) is 24.8 Å². The lowest BCUT2D eigenvalue weighted by molar-refractivity contribution is 0.405. The van der Waals surface area contributed by atoms with E-state index in [-0.39, 0.29) is 11.8 Å². The molecule has 0 amide bonds. The molecule has 0 aliphatic heterocycles. The van der Waals surface area contributed by atoms with E-state index in [2.05, 4.69) is 10.1 Å². The van der Waals surface area contributed by atoms with Gasteiger partial charge in [-0.05, 0) is 6.92 Å². The smallest absolute Gasteiger partial charge is 0.222 e. The van der Waals surface area contributed by atoms with Gasteiger partial charge in [-0.25, -0.2) is 0 Å². The van der Waals surface area contributed by atoms with E-state index in [4.69, 9.17) is 0 Å². The van der Waals surface area contributed by atoms with Gasteiger partial charge in [-0.2, -0.15) is 14.6 Å². The maximum Gasteiger partial charge on any atom is 0.222 e. The number of fused-ring (bicyclic) bond motifs is 1. The van der Waals surface area contributed by atoms with Gasteiger partial charge in [0.2, 0.25) is 11.8 Å². The third-order valence-corrected chi connectivity index (χ3v) is 1.71. The van der Waals surface area contributed by atoms with Gasteiger partial charge in [-0.1, -0.05) is 0 Å². The fourth-order valence-electron chi connectivity index (χ4n) is 0.995. The largest absolute Gasteiger partial charge is 0.493 e. The molecule has 62 valence electrons. The van der Waals surface area contributed by atoms with Crippen LogP contribution in [0.15, 0.2) is 12.3 Å². The Morgan fingerprint density at radius 2 is 2.17 bits per heavy atom. The normalized spacial score (nSPS) is 10.8. The van der Waals surface area contributed by atoms with Crippen LogP contribution in [-0.2, 0) is 0 Å². The number of hydrogen-bond donors (Lipinski definition) is 2. The van der Waals surface area contributed by atoms with Crippen LogP contribution in [0.4, 0.5) is 0 Å². The third kappa shape index (κ3) is 0.730. The van der Waals surface area contributed by atoms with Crippen LogP contribution in [0, 0.1) is 6.92 Å². The molecule has 0 bridgehead atoms. The van der Waals surface area contributed by atoms with E-state index in [0.717, 1.165) is 0 Å². The van der Waals surface area contributed by atoms with Crippen LogP contribution >= 0.6 is 0 Å². The van der Waals surface area contributed by atoms with Gasteiger partial charge in [0.15, 0.2) is 5.65 Å². The molecule has 2 heterocycles. The molecule has 0 fully saturated rings. The Hall–Kier alpha value is -1.78. The highest BCUT2D eigenvalue weighted by molar-refractivity contribution is 5.46. The molecule has 2 aromatic rings. The lowest BCUT2D eigenvalue weighted by atomic mass is 10.3. The van der Waals surface area contributed by atoms with Crippen molar-refractivity contribution in [1.82, 2.24) is 14.6 Å². The van der Waals surface area contributed by atoms with Gasteiger partial charge in [0, 0.05) is 6.07 Å². The zero-order valence-corrected chi connectivity index (χ0v) is 6.39. The summed E-state index contributed by atoms with van der Waals surface area (Å²) in [6, 6.07) is 1.60. The maximum atomic E-state index is 9.43. The Morgan fingerprint density at radius 1 is 1.42 bits per heavy atom. The predicted molar refractivity (Wildman–Crippen MR) is 41.1 cm³/mol. The third-order valence-electron chi connectivity index (χ3n) is 1.71. The zero-order valence-electron chi connectivity index (χ0n) is 6.39. The van der Waals surface area contributed by atoms with Crippen LogP contribution < -0.4 is 0 Å². The Morgan fingerprint density at radius 3 is 2.92 bits per heavy atom. The molecule has 0 saturated heterocycles. The minimum Gasteiger partial charge on any atom is -0.493 e. The molecule has 0 spiro atoms. The second-order valence-electron chi connectivity index (χ2n) is 2.49. The molecule has 0 saturated carbocycles. The average molecular weight is 165 g/mol. The molecular weight excluding hydrogens is 158 g/mol. The van der Waals surface area contributed by atoms with Gasteiger partial charge < -0.3 is 10.2 Å². The number of aromatic nitrogens is 3. The number of nitrogens with zero attached hydrogens (tertiary/aromatic N) is 3. The van der Waals surface area contributed by atoms with E-state index in [1.165, 1.54) is 10.7 Å². The van der Waals surface area contributed by atoms with Crippen molar-refractivity contribution in [3.8, 4) is 11.8 Å². The summed E-state index contributed by atoms with van der Waals surface area (Å²) < 4.78 is 1.26. The Kier molecular flexibility index (Phi) is 1.21. The fraction of sp³-hybridized carbons (Fsp3) is 0.143. The molecular formula is C7H7N3O2. The molecule has 0 unspecified atom stereocenters. The van der Waals surface area contributed by atoms with Crippen molar-refractivity contribution in [1.29, 1.82) is 0 Å². The van der Waals surface area contributed by atoms with Gasteiger partial charge >= 0.3 is 0 Å². The lowest BCUT2D eigenvalue weighted by Gasteiger charge is -2.02. The lowest BCUT2D eigenvalue weighted by Crippen LogP contribution is -1.94. The predicted octanol–water partition coefficient (Wildman–Crippen LogP) is 0.449. The number of hydrogen-bond acceptors (Lipinski definition) is 4. The Balaban J connectivity index is 2.94. The van der Waals surface area contributed by atoms with Crippen molar-refractivity contribution in [3.05, 3.63) is 17.8 Å². The second kappa shape index (κ2) is 2.10. The first-order valence-electron chi connectivity index (χ1n) is 3.42. The van der Waals surface area contributed by atoms with Crippen molar-refractivity contribution < 1.29 is 10.2 Å². The summed E-state index contributed by atoms with van der Waals surface area (Å²) in [6.07, 6.45) is 1.50. The van der Waals surface area contributed by atoms with Crippen LogP contribution in [0.5, 0.6) is 11.8 Å². The van der Waals surface area contributed by atoms with E-state index in [1.807, 2.05) is 0 Å². The topological polar surface area (TPSA) is 70.7 Å². The first-order valence-corrected chi connectivity index (χ1v) is 3.42. The van der Waals surface area contributed by atoms with Gasteiger partial charge in [-0.15, -0.1) is 0 Å². The van der Waals surface area contributed by atoms with Crippen LogP contribution in [0.2, 0.25) is 0 Å². The standard InChI is InChI=1S/C7H7N3O2/c1-4-6(11)9-5-2-3-8-10(5)7(4)12/h2-3,12H,1H3,(H,9,11). The number of aromatic hydroxyl groups is 2. The molecule has 2 rings (SSSR count). The molecule has 0 atom stereocenters. The highest BCUT2D eigenvalue weighted by Crippen LogP contribution is 2.23. The summed E-state index contributed by atoms with van der Waals surface area (Å²) in [5.41, 5.74) is 0.752. The molecule has 12 heavy (non-hydrogen) atoms. The molecule has 0 aliphatic carbocycles. The molecule has 5 heteroatoms. The van der Waals surface area contributed by atoms with E-state index in [9.17, 15) is 10.2 Å². The first-order chi connectivity index (χ1) is 5.70. The van der Waals surface area contributed by atoms with Gasteiger partial charge in [-0.3, -0.25) is 0 Å². The molecule has 2 aromatic heterocycles. The van der Waals surface area contributed by atoms with E-state index < -0.39 is 0 Å². The SMILES string of the molecule is Cc1c(O)nc2ccnn2c1O. The van der Waals surface area contributed by atoms with Crippen molar-refractivity contribution >= 4 is 5.65 Å². The van der Waals surface area contributed by atoms with Gasteiger partial charge in [0.25, 0.3) is 0 Å². The summed E-state index contributed by atoms with van der Waals surface area (Å²) >= 11 is 0. The highest BCUT2D eigenvalue weighted by Gasteiger charge is 2.09. The Bertz CT molecular complexity index is 435. The summed E-state index contributed by atoms with van der Waals surface area (Å²) in [4.78, 5) is 3.79. The summed E-state index contributed by atoms with van der Waals surface area (Å²) in [7, 11) is 0. The van der Waals surface area contributed by atoms with Crippen LogP contribution in [0.25, 0.3) is 5.65 Å². The summed E-state index contributed by atoms with van der Waals surface area (Å²) in [5.74, 6) is -0.247. The van der Waals surface area contributed by atoms with Crippen LogP contribution in [0.3, 0.4) is 0 Å². The number of rotatable bonds is 0. The van der Waals surface area contributed by atoms with Crippen LogP contribution in [0.1, 0.15) is 5.56 Å². The summed E-state index contributed by atoms with van der Waals surface area (Å²) in [6.45, 7) is 1.57. The van der Waals surface area contributed by atoms with Gasteiger partial charge in [0.1, 0.15) is 0 Å². The van der Waals surface area contributed by atoms with E-state index in [1.54, 1.807) is 13.0 Å². The highest BCUT2D eigenvalue weighted by atomic mass is 16.3. The molecule has 2 N–H and O–H groups in total. The van der Waals surface area contributed by atoms with Crippen molar-refractivity contribution in [3.63, 3.8) is 0 Å². The average Bonchev–Trinajstić information content (AvgIpc) is 2.48. The van der Waals surface area contributed by atoms with Crippen molar-refractivity contribution in [2.24, 2.45) is 0 Å². The minimum absolute atomic E-state index is 0.0810. The molecule has 5 nitrogen and oxygen atoms in total. The second-order valence-corrected chi connectivity index (χ2v) is 2.49. The van der Waals surface area contributed by atoms with E-state index >= 15 is 0 Å². The Labute approximate surface area is 67.9 Å². The van der Waals surface area contributed by atoms with Crippen molar-refractivity contribution in [2.75, 3.05) is 0 Å². The monoisotopic (exact) mass is 165 g/mol. The van der Waals surface area contributed by atoms with Gasteiger partial charge in [0.05, 0.1) is 11.8 Å². The molecule has 0 radical (unpaired) electrons. The summed E-state index contributed by atoms with van der Waals surface area (Å²) in [5, 5.41) is 22.4. The van der Waals surface area contributed by atoms with E-state index in [0.29, 0.717) is 11.2 Å².